The molecule has 1 aromatic carbocycles. The van der Waals surface area contributed by atoms with Crippen molar-refractivity contribution in [2.75, 3.05) is 43.0 Å². The lowest BCUT2D eigenvalue weighted by Crippen LogP contribution is -2.29. The molecule has 2 saturated heterocycles. The van der Waals surface area contributed by atoms with Crippen LogP contribution in [-0.4, -0.2) is 72.2 Å². The summed E-state index contributed by atoms with van der Waals surface area (Å²) in [6.45, 7) is 3.46. The van der Waals surface area contributed by atoms with Gasteiger partial charge in [0.25, 0.3) is 5.91 Å². The van der Waals surface area contributed by atoms with E-state index in [1.807, 2.05) is 18.2 Å². The van der Waals surface area contributed by atoms with Gasteiger partial charge in [0.15, 0.2) is 18.2 Å². The van der Waals surface area contributed by atoms with E-state index in [0.29, 0.717) is 43.4 Å². The Balaban J connectivity index is 1.000. The van der Waals surface area contributed by atoms with Gasteiger partial charge in [0, 0.05) is 24.7 Å². The summed E-state index contributed by atoms with van der Waals surface area (Å²) in [5.74, 6) is 1.64. The van der Waals surface area contributed by atoms with Gasteiger partial charge in [0.05, 0.1) is 18.4 Å². The monoisotopic (exact) mass is 531 g/mol. The van der Waals surface area contributed by atoms with Gasteiger partial charge in [-0.25, -0.2) is 9.78 Å². The maximum absolute atomic E-state index is 12.5. The molecule has 3 N–H and O–H groups in total. The maximum Gasteiger partial charge on any atom is 0.415 e. The lowest BCUT2D eigenvalue weighted by molar-refractivity contribution is -0.118. The van der Waals surface area contributed by atoms with Gasteiger partial charge in [0.2, 0.25) is 0 Å². The second-order valence-corrected chi connectivity index (χ2v) is 9.64. The van der Waals surface area contributed by atoms with Crippen LogP contribution in [0.3, 0.4) is 0 Å². The normalized spacial score (nSPS) is 20.3. The van der Waals surface area contributed by atoms with E-state index in [2.05, 4.69) is 43.3 Å². The Morgan fingerprint density at radius 2 is 2.13 bits per heavy atom. The predicted molar refractivity (Wildman–Crippen MR) is 142 cm³/mol. The Labute approximate surface area is 225 Å². The quantitative estimate of drug-likeness (QED) is 0.352. The zero-order valence-electron chi connectivity index (χ0n) is 21.3. The molecule has 0 radical (unpaired) electrons. The maximum atomic E-state index is 12.5. The fourth-order valence-corrected chi connectivity index (χ4v) is 4.77. The second-order valence-electron chi connectivity index (χ2n) is 9.64. The third-order valence-electron chi connectivity index (χ3n) is 6.75. The van der Waals surface area contributed by atoms with Crippen molar-refractivity contribution >= 4 is 23.6 Å². The summed E-state index contributed by atoms with van der Waals surface area (Å²) in [7, 11) is 0. The number of carbonyl (C=O) groups excluding carboxylic acids is 2. The fourth-order valence-electron chi connectivity index (χ4n) is 4.77. The van der Waals surface area contributed by atoms with Crippen LogP contribution in [0.25, 0.3) is 11.3 Å². The standard InChI is InChI=1S/C27H29N7O5/c35-25-16-37-23-4-5-24(31-26(23)32-25)34-15-20(39-27(34)36)7-9-28-12-17-2-1-3-18(10-17)22-11-21(14-30-33-22)38-19-6-8-29-13-19/h1-5,10-11,14,19-20,28-29H,6-9,12-13,15-16H2,(H,31,32,35). The van der Waals surface area contributed by atoms with Crippen molar-refractivity contribution in [3.63, 3.8) is 0 Å². The molecule has 2 amide bonds. The van der Waals surface area contributed by atoms with E-state index >= 15 is 0 Å². The molecule has 3 aliphatic heterocycles. The van der Waals surface area contributed by atoms with Crippen molar-refractivity contribution in [2.45, 2.75) is 31.6 Å². The fraction of sp³-hybridized carbons (Fsp3) is 0.370. The lowest BCUT2D eigenvalue weighted by atomic mass is 10.1. The Hall–Kier alpha value is -4.29. The summed E-state index contributed by atoms with van der Waals surface area (Å²) in [4.78, 5) is 29.9. The minimum Gasteiger partial charge on any atom is -0.487 e. The molecule has 2 unspecified atom stereocenters. The van der Waals surface area contributed by atoms with Crippen molar-refractivity contribution in [2.24, 2.45) is 0 Å². The first-order valence-corrected chi connectivity index (χ1v) is 13.0. The van der Waals surface area contributed by atoms with Crippen molar-refractivity contribution in [3.8, 4) is 22.8 Å². The number of aromatic nitrogens is 3. The smallest absolute Gasteiger partial charge is 0.415 e. The summed E-state index contributed by atoms with van der Waals surface area (Å²) >= 11 is 0. The van der Waals surface area contributed by atoms with E-state index in [1.54, 1.807) is 18.3 Å². The van der Waals surface area contributed by atoms with Crippen LogP contribution in [0.4, 0.5) is 16.4 Å². The van der Waals surface area contributed by atoms with Crippen molar-refractivity contribution in [3.05, 3.63) is 54.2 Å². The Kier molecular flexibility index (Phi) is 7.19. The molecule has 0 aliphatic carbocycles. The molecule has 0 saturated carbocycles. The number of nitrogens with one attached hydrogen (secondary N) is 3. The molecule has 2 aromatic heterocycles. The van der Waals surface area contributed by atoms with Crippen LogP contribution < -0.4 is 30.3 Å². The number of anilines is 2. The number of nitrogens with zero attached hydrogens (tertiary/aromatic N) is 4. The molecular formula is C27H29N7O5. The molecule has 39 heavy (non-hydrogen) atoms. The first kappa shape index (κ1) is 25.0. The molecule has 0 bridgehead atoms. The van der Waals surface area contributed by atoms with E-state index in [9.17, 15) is 9.59 Å². The number of ether oxygens (including phenoxy) is 3. The summed E-state index contributed by atoms with van der Waals surface area (Å²) in [5.41, 5.74) is 2.84. The van der Waals surface area contributed by atoms with E-state index in [1.165, 1.54) is 4.90 Å². The molecular weight excluding hydrogens is 502 g/mol. The minimum atomic E-state index is -0.459. The Bertz CT molecular complexity index is 1360. The minimum absolute atomic E-state index is 0.0477. The van der Waals surface area contributed by atoms with Gasteiger partial charge in [-0.15, -0.1) is 0 Å². The number of amides is 2. The first-order chi connectivity index (χ1) is 19.1. The third-order valence-corrected chi connectivity index (χ3v) is 6.75. The van der Waals surface area contributed by atoms with Crippen LogP contribution in [0.15, 0.2) is 48.7 Å². The number of rotatable bonds is 9. The van der Waals surface area contributed by atoms with Crippen LogP contribution in [-0.2, 0) is 16.1 Å². The largest absolute Gasteiger partial charge is 0.487 e. The first-order valence-electron chi connectivity index (χ1n) is 13.0. The van der Waals surface area contributed by atoms with Gasteiger partial charge in [-0.2, -0.15) is 10.2 Å². The lowest BCUT2D eigenvalue weighted by Gasteiger charge is -2.19. The molecule has 0 spiro atoms. The topological polar surface area (TPSA) is 140 Å². The Morgan fingerprint density at radius 3 is 3.03 bits per heavy atom. The summed E-state index contributed by atoms with van der Waals surface area (Å²) < 4.78 is 16.9. The van der Waals surface area contributed by atoms with Crippen LogP contribution in [0.1, 0.15) is 18.4 Å². The van der Waals surface area contributed by atoms with E-state index in [-0.39, 0.29) is 24.7 Å². The number of cyclic esters (lactones) is 1. The van der Waals surface area contributed by atoms with Gasteiger partial charge in [0.1, 0.15) is 23.8 Å². The van der Waals surface area contributed by atoms with Crippen LogP contribution in [0.2, 0.25) is 0 Å². The van der Waals surface area contributed by atoms with Crippen LogP contribution in [0, 0.1) is 0 Å². The van der Waals surface area contributed by atoms with E-state index in [0.717, 1.165) is 42.1 Å². The SMILES string of the molecule is O=C1COc2ccc(N3CC(CCNCc4cccc(-c5cc(OC6CCNC6)cnn5)c4)OC3=O)nc2N1. The van der Waals surface area contributed by atoms with Crippen molar-refractivity contribution in [1.29, 1.82) is 0 Å². The number of carbonyl (C=O) groups is 2. The van der Waals surface area contributed by atoms with Gasteiger partial charge >= 0.3 is 6.09 Å². The average Bonchev–Trinajstić information content (AvgIpc) is 3.60. The second kappa shape index (κ2) is 11.2. The van der Waals surface area contributed by atoms with Gasteiger partial charge < -0.3 is 30.2 Å². The molecule has 2 fully saturated rings. The molecule has 3 aromatic rings. The Morgan fingerprint density at radius 1 is 1.18 bits per heavy atom. The van der Waals surface area contributed by atoms with Crippen molar-refractivity contribution < 1.29 is 23.8 Å². The van der Waals surface area contributed by atoms with Gasteiger partial charge in [-0.1, -0.05) is 18.2 Å². The van der Waals surface area contributed by atoms with E-state index < -0.39 is 6.09 Å². The molecule has 202 valence electrons. The van der Waals surface area contributed by atoms with E-state index in [4.69, 9.17) is 14.2 Å². The third kappa shape index (κ3) is 5.91. The number of benzene rings is 1. The summed E-state index contributed by atoms with van der Waals surface area (Å²) in [6, 6.07) is 13.4. The number of hydrogen-bond donors (Lipinski definition) is 3. The highest BCUT2D eigenvalue weighted by Crippen LogP contribution is 2.30. The molecule has 12 heteroatoms. The molecule has 6 rings (SSSR count). The van der Waals surface area contributed by atoms with Crippen molar-refractivity contribution in [1.82, 2.24) is 25.8 Å². The van der Waals surface area contributed by atoms with Gasteiger partial charge in [-0.3, -0.25) is 9.69 Å². The van der Waals surface area contributed by atoms with Crippen LogP contribution >= 0.6 is 0 Å². The highest BCUT2D eigenvalue weighted by molar-refractivity contribution is 5.95. The highest BCUT2D eigenvalue weighted by Gasteiger charge is 2.33. The average molecular weight is 532 g/mol. The molecule has 2 atom stereocenters. The zero-order chi connectivity index (χ0) is 26.6. The predicted octanol–water partition coefficient (Wildman–Crippen LogP) is 2.12. The molecule has 3 aliphatic rings. The highest BCUT2D eigenvalue weighted by atomic mass is 16.6. The number of fused-ring (bicyclic) bond motifs is 1. The van der Waals surface area contributed by atoms with Gasteiger partial charge in [-0.05, 0) is 49.7 Å². The number of pyridine rings is 1. The number of hydrogen-bond acceptors (Lipinski definition) is 10. The summed E-state index contributed by atoms with van der Waals surface area (Å²) in [5, 5.41) is 17.8. The molecule has 5 heterocycles. The zero-order valence-corrected chi connectivity index (χ0v) is 21.3. The summed E-state index contributed by atoms with van der Waals surface area (Å²) in [6.07, 6.45) is 2.71. The van der Waals surface area contributed by atoms with Crippen LogP contribution in [0.5, 0.6) is 11.5 Å². The molecule has 12 nitrogen and oxygen atoms in total.